The first kappa shape index (κ1) is 13.8. The predicted octanol–water partition coefficient (Wildman–Crippen LogP) is 3.21. The molecule has 0 aliphatic carbocycles. The molecular weight excluding hydrogens is 240 g/mol. The quantitative estimate of drug-likeness (QED) is 0.726. The van der Waals surface area contributed by atoms with E-state index in [0.29, 0.717) is 0 Å². The van der Waals surface area contributed by atoms with Crippen LogP contribution in [0.15, 0.2) is 12.4 Å². The van der Waals surface area contributed by atoms with Crippen molar-refractivity contribution in [3.8, 4) is 0 Å². The number of hydrogen-bond acceptors (Lipinski definition) is 2. The SMILES string of the molecule is Br.CCCCN1C=CN(CCCC)C1. The van der Waals surface area contributed by atoms with Crippen molar-refractivity contribution in [1.29, 1.82) is 0 Å². The zero-order chi connectivity index (χ0) is 9.52. The first-order valence-electron chi connectivity index (χ1n) is 5.53. The van der Waals surface area contributed by atoms with Crippen molar-refractivity contribution in [1.82, 2.24) is 9.80 Å². The second kappa shape index (κ2) is 8.16. The molecule has 0 atom stereocenters. The van der Waals surface area contributed by atoms with Gasteiger partial charge in [-0.15, -0.1) is 17.0 Å². The lowest BCUT2D eigenvalue weighted by Gasteiger charge is -2.20. The third-order valence-corrected chi connectivity index (χ3v) is 2.45. The van der Waals surface area contributed by atoms with Gasteiger partial charge >= 0.3 is 0 Å². The summed E-state index contributed by atoms with van der Waals surface area (Å²) < 4.78 is 0. The molecule has 1 aliphatic rings. The van der Waals surface area contributed by atoms with Crippen molar-refractivity contribution in [2.45, 2.75) is 39.5 Å². The number of halogens is 1. The molecule has 0 radical (unpaired) electrons. The van der Waals surface area contributed by atoms with Gasteiger partial charge in [0.1, 0.15) is 0 Å². The molecule has 0 spiro atoms. The van der Waals surface area contributed by atoms with Crippen LogP contribution < -0.4 is 0 Å². The van der Waals surface area contributed by atoms with Gasteiger partial charge in [0, 0.05) is 25.5 Å². The maximum absolute atomic E-state index is 2.40. The van der Waals surface area contributed by atoms with Gasteiger partial charge in [-0.25, -0.2) is 0 Å². The van der Waals surface area contributed by atoms with Crippen LogP contribution in [0.25, 0.3) is 0 Å². The first-order chi connectivity index (χ1) is 6.36. The summed E-state index contributed by atoms with van der Waals surface area (Å²) >= 11 is 0. The van der Waals surface area contributed by atoms with Crippen molar-refractivity contribution in [2.75, 3.05) is 19.8 Å². The second-order valence-corrected chi connectivity index (χ2v) is 3.77. The van der Waals surface area contributed by atoms with Crippen molar-refractivity contribution in [2.24, 2.45) is 0 Å². The Hall–Kier alpha value is -0.180. The van der Waals surface area contributed by atoms with Crippen LogP contribution in [0.3, 0.4) is 0 Å². The highest BCUT2D eigenvalue weighted by atomic mass is 79.9. The Morgan fingerprint density at radius 1 is 0.929 bits per heavy atom. The van der Waals surface area contributed by atoms with E-state index in [2.05, 4.69) is 36.0 Å². The third kappa shape index (κ3) is 4.89. The molecule has 14 heavy (non-hydrogen) atoms. The Morgan fingerprint density at radius 2 is 1.36 bits per heavy atom. The molecule has 1 rings (SSSR count). The molecule has 1 aliphatic heterocycles. The van der Waals surface area contributed by atoms with Gasteiger partial charge in [0.05, 0.1) is 6.67 Å². The van der Waals surface area contributed by atoms with E-state index in [1.165, 1.54) is 38.8 Å². The van der Waals surface area contributed by atoms with Gasteiger partial charge in [0.15, 0.2) is 0 Å². The summed E-state index contributed by atoms with van der Waals surface area (Å²) in [6.07, 6.45) is 9.66. The third-order valence-electron chi connectivity index (χ3n) is 2.45. The summed E-state index contributed by atoms with van der Waals surface area (Å²) in [6, 6.07) is 0. The minimum Gasteiger partial charge on any atom is -0.359 e. The van der Waals surface area contributed by atoms with E-state index >= 15 is 0 Å². The molecule has 0 N–H and O–H groups in total. The van der Waals surface area contributed by atoms with Crippen LogP contribution in [-0.2, 0) is 0 Å². The van der Waals surface area contributed by atoms with E-state index in [4.69, 9.17) is 0 Å². The highest BCUT2D eigenvalue weighted by Crippen LogP contribution is 2.08. The molecule has 0 aromatic heterocycles. The molecule has 0 fully saturated rings. The van der Waals surface area contributed by atoms with Gasteiger partial charge in [-0.05, 0) is 12.8 Å². The molecule has 0 amide bonds. The lowest BCUT2D eigenvalue weighted by atomic mass is 10.3. The molecule has 0 aromatic rings. The second-order valence-electron chi connectivity index (χ2n) is 3.77. The van der Waals surface area contributed by atoms with Gasteiger partial charge in [0.2, 0.25) is 0 Å². The van der Waals surface area contributed by atoms with Crippen LogP contribution in [-0.4, -0.2) is 29.6 Å². The van der Waals surface area contributed by atoms with Gasteiger partial charge < -0.3 is 9.80 Å². The zero-order valence-corrected chi connectivity index (χ0v) is 11.1. The minimum absolute atomic E-state index is 0. The molecule has 3 heteroatoms. The summed E-state index contributed by atoms with van der Waals surface area (Å²) in [4.78, 5) is 4.80. The minimum atomic E-state index is 0. The van der Waals surface area contributed by atoms with Crippen LogP contribution >= 0.6 is 17.0 Å². The fourth-order valence-electron chi connectivity index (χ4n) is 1.53. The van der Waals surface area contributed by atoms with Gasteiger partial charge in [-0.3, -0.25) is 0 Å². The molecule has 0 saturated carbocycles. The van der Waals surface area contributed by atoms with Crippen molar-refractivity contribution in [3.63, 3.8) is 0 Å². The average Bonchev–Trinajstić information content (AvgIpc) is 2.59. The Bertz CT molecular complexity index is 143. The molecule has 0 bridgehead atoms. The molecule has 84 valence electrons. The van der Waals surface area contributed by atoms with Gasteiger partial charge in [-0.2, -0.15) is 0 Å². The lowest BCUT2D eigenvalue weighted by Crippen LogP contribution is -2.26. The summed E-state index contributed by atoms with van der Waals surface area (Å²) in [5.41, 5.74) is 0. The summed E-state index contributed by atoms with van der Waals surface area (Å²) in [7, 11) is 0. The molecule has 0 unspecified atom stereocenters. The first-order valence-corrected chi connectivity index (χ1v) is 5.53. The standard InChI is InChI=1S/C11H22N2.BrH/c1-3-5-7-12-9-10-13(11-12)8-6-4-2;/h9-10H,3-8,11H2,1-2H3;1H. The number of hydrogen-bond donors (Lipinski definition) is 0. The van der Waals surface area contributed by atoms with E-state index in [0.717, 1.165) is 6.67 Å². The number of nitrogens with zero attached hydrogens (tertiary/aromatic N) is 2. The van der Waals surface area contributed by atoms with Crippen LogP contribution in [0.4, 0.5) is 0 Å². The van der Waals surface area contributed by atoms with E-state index in [1.807, 2.05) is 0 Å². The maximum atomic E-state index is 2.40. The van der Waals surface area contributed by atoms with E-state index in [-0.39, 0.29) is 17.0 Å². The molecule has 0 saturated heterocycles. The highest BCUT2D eigenvalue weighted by Gasteiger charge is 2.09. The van der Waals surface area contributed by atoms with E-state index in [1.54, 1.807) is 0 Å². The molecule has 2 nitrogen and oxygen atoms in total. The Balaban J connectivity index is 0.00000169. The van der Waals surface area contributed by atoms with Crippen molar-refractivity contribution >= 4 is 17.0 Å². The summed E-state index contributed by atoms with van der Waals surface area (Å²) in [5, 5.41) is 0. The number of rotatable bonds is 6. The lowest BCUT2D eigenvalue weighted by molar-refractivity contribution is 0.260. The van der Waals surface area contributed by atoms with Crippen LogP contribution in [0.2, 0.25) is 0 Å². The van der Waals surface area contributed by atoms with Crippen molar-refractivity contribution in [3.05, 3.63) is 12.4 Å². The molecular formula is C11H23BrN2. The van der Waals surface area contributed by atoms with E-state index < -0.39 is 0 Å². The highest BCUT2D eigenvalue weighted by molar-refractivity contribution is 8.93. The average molecular weight is 263 g/mol. The summed E-state index contributed by atoms with van der Waals surface area (Å²) in [5.74, 6) is 0. The predicted molar refractivity (Wildman–Crippen MR) is 67.6 cm³/mol. The Labute approximate surface area is 98.7 Å². The van der Waals surface area contributed by atoms with Gasteiger partial charge in [0.25, 0.3) is 0 Å². The molecule has 1 heterocycles. The Kier molecular flexibility index (Phi) is 8.05. The van der Waals surface area contributed by atoms with Gasteiger partial charge in [-0.1, -0.05) is 26.7 Å². The van der Waals surface area contributed by atoms with E-state index in [9.17, 15) is 0 Å². The van der Waals surface area contributed by atoms with Crippen molar-refractivity contribution < 1.29 is 0 Å². The molecule has 0 aromatic carbocycles. The van der Waals surface area contributed by atoms with Crippen LogP contribution in [0, 0.1) is 0 Å². The Morgan fingerprint density at radius 3 is 1.71 bits per heavy atom. The normalized spacial score (nSPS) is 14.7. The van der Waals surface area contributed by atoms with Crippen LogP contribution in [0.1, 0.15) is 39.5 Å². The number of unbranched alkanes of at least 4 members (excludes halogenated alkanes) is 2. The zero-order valence-electron chi connectivity index (χ0n) is 9.41. The largest absolute Gasteiger partial charge is 0.359 e. The fourth-order valence-corrected chi connectivity index (χ4v) is 1.53. The topological polar surface area (TPSA) is 6.48 Å². The monoisotopic (exact) mass is 262 g/mol. The smallest absolute Gasteiger partial charge is 0.0893 e. The fraction of sp³-hybridized carbons (Fsp3) is 0.818. The summed E-state index contributed by atoms with van der Waals surface area (Å²) in [6.45, 7) is 8.04. The van der Waals surface area contributed by atoms with Crippen LogP contribution in [0.5, 0.6) is 0 Å². The maximum Gasteiger partial charge on any atom is 0.0893 e.